The van der Waals surface area contributed by atoms with E-state index in [-0.39, 0.29) is 23.6 Å². The van der Waals surface area contributed by atoms with Crippen molar-refractivity contribution in [2.45, 2.75) is 32.2 Å². The summed E-state index contributed by atoms with van der Waals surface area (Å²) in [5.41, 5.74) is 0.227. The molecular formula is C16H20ClN3O3. The Morgan fingerprint density at radius 1 is 1.48 bits per heavy atom. The molecule has 2 atom stereocenters. The second-order valence-electron chi connectivity index (χ2n) is 6.45. The molecule has 0 unspecified atom stereocenters. The molecule has 124 valence electrons. The van der Waals surface area contributed by atoms with Crippen LogP contribution in [0.2, 0.25) is 5.02 Å². The number of nitro benzene ring substituents is 1. The fraction of sp³-hybridized carbons (Fsp3) is 0.562. The van der Waals surface area contributed by atoms with Crippen molar-refractivity contribution in [3.8, 4) is 0 Å². The molecule has 1 saturated carbocycles. The van der Waals surface area contributed by atoms with Crippen molar-refractivity contribution < 1.29 is 9.72 Å². The molecule has 2 fully saturated rings. The van der Waals surface area contributed by atoms with Gasteiger partial charge in [-0.05, 0) is 36.9 Å². The first kappa shape index (κ1) is 16.2. The molecule has 0 spiro atoms. The summed E-state index contributed by atoms with van der Waals surface area (Å²) in [4.78, 5) is 23.2. The number of hydrogen-bond acceptors (Lipinski definition) is 4. The van der Waals surface area contributed by atoms with Gasteiger partial charge in [-0.1, -0.05) is 24.4 Å². The van der Waals surface area contributed by atoms with Gasteiger partial charge in [-0.2, -0.15) is 0 Å². The minimum Gasteiger partial charge on any atom is -0.351 e. The Kier molecular flexibility index (Phi) is 4.55. The predicted molar refractivity (Wildman–Crippen MR) is 87.2 cm³/mol. The lowest BCUT2D eigenvalue weighted by molar-refractivity contribution is -0.384. The third kappa shape index (κ3) is 3.05. The first-order chi connectivity index (χ1) is 11.0. The van der Waals surface area contributed by atoms with Crippen LogP contribution >= 0.6 is 11.6 Å². The third-order valence-electron chi connectivity index (χ3n) is 5.17. The lowest BCUT2D eigenvalue weighted by atomic mass is 9.67. The molecule has 3 rings (SSSR count). The first-order valence-corrected chi connectivity index (χ1v) is 8.32. The molecular weight excluding hydrogens is 318 g/mol. The molecule has 1 saturated heterocycles. The Morgan fingerprint density at radius 3 is 3.09 bits per heavy atom. The Labute approximate surface area is 139 Å². The van der Waals surface area contributed by atoms with Crippen molar-refractivity contribution in [2.24, 2.45) is 11.3 Å². The minimum absolute atomic E-state index is 0.0186. The molecule has 2 aliphatic rings. The summed E-state index contributed by atoms with van der Waals surface area (Å²) in [6.45, 7) is 1.82. The van der Waals surface area contributed by atoms with Crippen LogP contribution in [0.4, 0.5) is 5.69 Å². The van der Waals surface area contributed by atoms with Gasteiger partial charge in [0.05, 0.1) is 10.3 Å². The van der Waals surface area contributed by atoms with Gasteiger partial charge in [0.2, 0.25) is 5.91 Å². The quantitative estimate of drug-likeness (QED) is 0.653. The molecule has 7 heteroatoms. The summed E-state index contributed by atoms with van der Waals surface area (Å²) < 4.78 is 0. The molecule has 2 N–H and O–H groups in total. The second kappa shape index (κ2) is 6.45. The van der Waals surface area contributed by atoms with Crippen molar-refractivity contribution >= 4 is 23.2 Å². The van der Waals surface area contributed by atoms with Gasteiger partial charge in [0.15, 0.2) is 0 Å². The zero-order valence-corrected chi connectivity index (χ0v) is 13.6. The lowest BCUT2D eigenvalue weighted by Gasteiger charge is -2.37. The maximum absolute atomic E-state index is 12.8. The Balaban J connectivity index is 1.72. The zero-order valence-electron chi connectivity index (χ0n) is 12.8. The average Bonchev–Trinajstić information content (AvgIpc) is 2.98. The Morgan fingerprint density at radius 2 is 2.30 bits per heavy atom. The van der Waals surface area contributed by atoms with Crippen molar-refractivity contribution in [3.63, 3.8) is 0 Å². The van der Waals surface area contributed by atoms with Gasteiger partial charge in [0, 0.05) is 30.2 Å². The van der Waals surface area contributed by atoms with E-state index in [2.05, 4.69) is 10.6 Å². The molecule has 1 aliphatic carbocycles. The van der Waals surface area contributed by atoms with Crippen LogP contribution in [0.1, 0.15) is 31.2 Å². The number of nitrogens with zero attached hydrogens (tertiary/aromatic N) is 1. The van der Waals surface area contributed by atoms with E-state index >= 15 is 0 Å². The van der Waals surface area contributed by atoms with E-state index in [1.165, 1.54) is 24.6 Å². The minimum atomic E-state index is -0.460. The van der Waals surface area contributed by atoms with E-state index in [0.717, 1.165) is 25.8 Å². The number of non-ortho nitro benzene ring substituents is 1. The van der Waals surface area contributed by atoms with E-state index in [9.17, 15) is 14.9 Å². The highest BCUT2D eigenvalue weighted by atomic mass is 35.5. The summed E-state index contributed by atoms with van der Waals surface area (Å²) in [6, 6.07) is 4.29. The molecule has 23 heavy (non-hydrogen) atoms. The average molecular weight is 338 g/mol. The summed E-state index contributed by atoms with van der Waals surface area (Å²) in [5, 5.41) is 17.6. The van der Waals surface area contributed by atoms with Crippen LogP contribution in [0, 0.1) is 21.4 Å². The molecule has 0 aromatic heterocycles. The maximum atomic E-state index is 12.8. The number of carbonyl (C=O) groups is 1. The van der Waals surface area contributed by atoms with E-state index in [0.29, 0.717) is 23.0 Å². The van der Waals surface area contributed by atoms with Crippen LogP contribution in [0.15, 0.2) is 18.2 Å². The van der Waals surface area contributed by atoms with E-state index in [1.54, 1.807) is 0 Å². The first-order valence-electron chi connectivity index (χ1n) is 7.95. The lowest BCUT2D eigenvalue weighted by Crippen LogP contribution is -2.47. The number of fused-ring (bicyclic) bond motifs is 1. The SMILES string of the molecule is O=C(NCc1cc([N+](=O)[O-])ccc1Cl)[C@@]12CCCC[C@H]1CNC2. The van der Waals surface area contributed by atoms with E-state index in [4.69, 9.17) is 11.6 Å². The number of halogens is 1. The Bertz CT molecular complexity index is 637. The normalized spacial score (nSPS) is 26.6. The molecule has 0 bridgehead atoms. The van der Waals surface area contributed by atoms with Crippen LogP contribution in [0.3, 0.4) is 0 Å². The summed E-state index contributed by atoms with van der Waals surface area (Å²) in [7, 11) is 0. The summed E-state index contributed by atoms with van der Waals surface area (Å²) >= 11 is 6.09. The molecule has 1 aliphatic heterocycles. The van der Waals surface area contributed by atoms with Gasteiger partial charge < -0.3 is 10.6 Å². The van der Waals surface area contributed by atoms with Gasteiger partial charge in [0.1, 0.15) is 0 Å². The zero-order chi connectivity index (χ0) is 16.4. The highest BCUT2D eigenvalue weighted by Gasteiger charge is 2.49. The standard InChI is InChI=1S/C16H20ClN3O3/c17-14-5-4-13(20(22)23)7-11(14)8-19-15(21)16-6-2-1-3-12(16)9-18-10-16/h4-5,7,12,18H,1-3,6,8-10H2,(H,19,21)/t12-,16+/m0/s1. The van der Waals surface area contributed by atoms with E-state index < -0.39 is 4.92 Å². The van der Waals surface area contributed by atoms with Crippen LogP contribution in [0.5, 0.6) is 0 Å². The number of amides is 1. The van der Waals surface area contributed by atoms with Gasteiger partial charge >= 0.3 is 0 Å². The molecule has 0 radical (unpaired) electrons. The number of rotatable bonds is 4. The maximum Gasteiger partial charge on any atom is 0.269 e. The van der Waals surface area contributed by atoms with Gasteiger partial charge in [0.25, 0.3) is 5.69 Å². The van der Waals surface area contributed by atoms with Gasteiger partial charge in [-0.25, -0.2) is 0 Å². The van der Waals surface area contributed by atoms with Crippen LogP contribution in [-0.2, 0) is 11.3 Å². The second-order valence-corrected chi connectivity index (χ2v) is 6.85. The van der Waals surface area contributed by atoms with E-state index in [1.807, 2.05) is 0 Å². The number of carbonyl (C=O) groups excluding carboxylic acids is 1. The van der Waals surface area contributed by atoms with Crippen molar-refractivity contribution in [3.05, 3.63) is 38.9 Å². The molecule has 1 aromatic rings. The number of benzene rings is 1. The predicted octanol–water partition coefficient (Wildman–Crippen LogP) is 2.64. The summed E-state index contributed by atoms with van der Waals surface area (Å²) in [6.07, 6.45) is 4.23. The molecule has 1 amide bonds. The van der Waals surface area contributed by atoms with Crippen molar-refractivity contribution in [1.29, 1.82) is 0 Å². The molecule has 1 aromatic carbocycles. The Hall–Kier alpha value is -1.66. The highest BCUT2D eigenvalue weighted by Crippen LogP contribution is 2.44. The molecule has 6 nitrogen and oxygen atoms in total. The summed E-state index contributed by atoms with van der Waals surface area (Å²) in [5.74, 6) is 0.423. The van der Waals surface area contributed by atoms with Gasteiger partial charge in [-0.3, -0.25) is 14.9 Å². The third-order valence-corrected chi connectivity index (χ3v) is 5.54. The van der Waals surface area contributed by atoms with Crippen molar-refractivity contribution in [2.75, 3.05) is 13.1 Å². The van der Waals surface area contributed by atoms with Crippen LogP contribution < -0.4 is 10.6 Å². The fourth-order valence-electron chi connectivity index (χ4n) is 3.85. The molecule has 1 heterocycles. The number of hydrogen-bond donors (Lipinski definition) is 2. The monoisotopic (exact) mass is 337 g/mol. The number of nitrogens with one attached hydrogen (secondary N) is 2. The topological polar surface area (TPSA) is 84.3 Å². The highest BCUT2D eigenvalue weighted by molar-refractivity contribution is 6.31. The van der Waals surface area contributed by atoms with Crippen LogP contribution in [-0.4, -0.2) is 23.9 Å². The van der Waals surface area contributed by atoms with Gasteiger partial charge in [-0.15, -0.1) is 0 Å². The number of nitro groups is 1. The smallest absolute Gasteiger partial charge is 0.269 e. The largest absolute Gasteiger partial charge is 0.351 e. The fourth-order valence-corrected chi connectivity index (χ4v) is 4.04. The van der Waals surface area contributed by atoms with Crippen LogP contribution in [0.25, 0.3) is 0 Å². The van der Waals surface area contributed by atoms with Crippen molar-refractivity contribution in [1.82, 2.24) is 10.6 Å².